The van der Waals surface area contributed by atoms with Crippen molar-refractivity contribution >= 4 is 27.7 Å². The van der Waals surface area contributed by atoms with Crippen molar-refractivity contribution in [2.24, 2.45) is 5.73 Å². The Morgan fingerprint density at radius 2 is 1.84 bits per heavy atom. The Bertz CT molecular complexity index is 1580. The molecule has 6 nitrogen and oxygen atoms in total. The molecule has 0 saturated heterocycles. The fourth-order valence-corrected chi connectivity index (χ4v) is 4.45. The number of primary amides is 1. The van der Waals surface area contributed by atoms with Crippen molar-refractivity contribution in [1.82, 2.24) is 14.5 Å². The summed E-state index contributed by atoms with van der Waals surface area (Å²) >= 11 is 0. The standard InChI is InChI=1S/C26H22N4O2/c1-15-13-28-25-17(12-23(27)31)10-11-19(24(15)25)18-7-5-9-22(16(18)2)30-14-29-21-8-4-3-6-20(21)26(30)32/h3-11,13-14,28H,12H2,1-2H3,(H2,27,31). The van der Waals surface area contributed by atoms with E-state index in [1.807, 2.05) is 68.6 Å². The molecule has 0 aliphatic heterocycles. The van der Waals surface area contributed by atoms with Crippen LogP contribution in [0.3, 0.4) is 0 Å². The number of carbonyl (C=O) groups is 1. The third-order valence-electron chi connectivity index (χ3n) is 6.00. The third kappa shape index (κ3) is 3.08. The van der Waals surface area contributed by atoms with Crippen LogP contribution in [0.4, 0.5) is 0 Å². The summed E-state index contributed by atoms with van der Waals surface area (Å²) in [6, 6.07) is 17.2. The molecule has 0 unspecified atom stereocenters. The first-order valence-corrected chi connectivity index (χ1v) is 10.4. The minimum atomic E-state index is -0.368. The first kappa shape index (κ1) is 19.8. The Balaban J connectivity index is 1.73. The average molecular weight is 422 g/mol. The van der Waals surface area contributed by atoms with Crippen LogP contribution in [0.25, 0.3) is 38.6 Å². The molecule has 2 heterocycles. The van der Waals surface area contributed by atoms with Gasteiger partial charge in [0.05, 0.1) is 28.5 Å². The van der Waals surface area contributed by atoms with Crippen molar-refractivity contribution in [3.05, 3.63) is 94.2 Å². The van der Waals surface area contributed by atoms with Crippen molar-refractivity contribution in [2.75, 3.05) is 0 Å². The number of amides is 1. The molecule has 0 radical (unpaired) electrons. The molecule has 158 valence electrons. The zero-order chi connectivity index (χ0) is 22.4. The highest BCUT2D eigenvalue weighted by molar-refractivity contribution is 6.01. The number of hydrogen-bond donors (Lipinski definition) is 2. The fraction of sp³-hybridized carbons (Fsp3) is 0.115. The van der Waals surface area contributed by atoms with Crippen LogP contribution in [0, 0.1) is 13.8 Å². The van der Waals surface area contributed by atoms with Crippen LogP contribution in [0.5, 0.6) is 0 Å². The van der Waals surface area contributed by atoms with Crippen molar-refractivity contribution in [3.63, 3.8) is 0 Å². The molecule has 0 fully saturated rings. The lowest BCUT2D eigenvalue weighted by atomic mass is 9.93. The number of aryl methyl sites for hydroxylation is 1. The summed E-state index contributed by atoms with van der Waals surface area (Å²) in [5.74, 6) is -0.368. The number of carbonyl (C=O) groups excluding carboxylic acids is 1. The van der Waals surface area contributed by atoms with Gasteiger partial charge in [-0.3, -0.25) is 14.2 Å². The molecule has 2 aromatic heterocycles. The van der Waals surface area contributed by atoms with Gasteiger partial charge in [-0.25, -0.2) is 4.98 Å². The molecule has 5 aromatic rings. The third-order valence-corrected chi connectivity index (χ3v) is 6.00. The number of benzene rings is 3. The predicted molar refractivity (Wildman–Crippen MR) is 127 cm³/mol. The van der Waals surface area contributed by atoms with Crippen molar-refractivity contribution in [1.29, 1.82) is 0 Å². The molecule has 0 bridgehead atoms. The van der Waals surface area contributed by atoms with E-state index in [0.29, 0.717) is 10.9 Å². The zero-order valence-corrected chi connectivity index (χ0v) is 17.8. The number of nitrogens with zero attached hydrogens (tertiary/aromatic N) is 2. The Labute approximate surface area is 184 Å². The fourth-order valence-electron chi connectivity index (χ4n) is 4.45. The van der Waals surface area contributed by atoms with Crippen LogP contribution >= 0.6 is 0 Å². The number of fused-ring (bicyclic) bond motifs is 2. The normalized spacial score (nSPS) is 11.3. The number of hydrogen-bond acceptors (Lipinski definition) is 3. The van der Waals surface area contributed by atoms with E-state index >= 15 is 0 Å². The Kier molecular flexibility index (Phi) is 4.63. The molecule has 5 rings (SSSR count). The quantitative estimate of drug-likeness (QED) is 0.455. The number of nitrogens with two attached hydrogens (primary N) is 1. The van der Waals surface area contributed by atoms with Gasteiger partial charge in [0.1, 0.15) is 6.33 Å². The smallest absolute Gasteiger partial charge is 0.265 e. The summed E-state index contributed by atoms with van der Waals surface area (Å²) in [7, 11) is 0. The maximum absolute atomic E-state index is 13.2. The highest BCUT2D eigenvalue weighted by atomic mass is 16.1. The van der Waals surface area contributed by atoms with Crippen LogP contribution in [-0.2, 0) is 11.2 Å². The molecular formula is C26H22N4O2. The molecule has 3 N–H and O–H groups in total. The molecule has 0 atom stereocenters. The van der Waals surface area contributed by atoms with E-state index in [1.165, 1.54) is 0 Å². The Morgan fingerprint density at radius 1 is 1.03 bits per heavy atom. The van der Waals surface area contributed by atoms with Gasteiger partial charge >= 0.3 is 0 Å². The average Bonchev–Trinajstić information content (AvgIpc) is 3.17. The van der Waals surface area contributed by atoms with Crippen molar-refractivity contribution in [2.45, 2.75) is 20.3 Å². The van der Waals surface area contributed by atoms with Gasteiger partial charge < -0.3 is 10.7 Å². The van der Waals surface area contributed by atoms with Gasteiger partial charge in [0.15, 0.2) is 0 Å². The molecule has 0 saturated carbocycles. The number of aromatic amines is 1. The summed E-state index contributed by atoms with van der Waals surface area (Å²) in [5.41, 5.74) is 12.7. The molecule has 32 heavy (non-hydrogen) atoms. The van der Waals surface area contributed by atoms with Crippen molar-refractivity contribution < 1.29 is 4.79 Å². The van der Waals surface area contributed by atoms with Crippen LogP contribution in [0.2, 0.25) is 0 Å². The van der Waals surface area contributed by atoms with E-state index in [0.717, 1.165) is 44.4 Å². The first-order valence-electron chi connectivity index (χ1n) is 10.4. The highest BCUT2D eigenvalue weighted by Gasteiger charge is 2.16. The van der Waals surface area contributed by atoms with Gasteiger partial charge in [-0.1, -0.05) is 36.4 Å². The molecule has 0 aliphatic carbocycles. The minimum Gasteiger partial charge on any atom is -0.369 e. The number of nitrogens with one attached hydrogen (secondary N) is 1. The summed E-state index contributed by atoms with van der Waals surface area (Å²) in [5, 5.41) is 1.63. The SMILES string of the molecule is Cc1c(-c2ccc(CC(N)=O)c3[nH]cc(C)c23)cccc1-n1cnc2ccccc2c1=O. The predicted octanol–water partition coefficient (Wildman–Crippen LogP) is 4.18. The van der Waals surface area contributed by atoms with E-state index in [-0.39, 0.29) is 17.9 Å². The lowest BCUT2D eigenvalue weighted by Gasteiger charge is -2.15. The Hall–Kier alpha value is -4.19. The molecular weight excluding hydrogens is 400 g/mol. The number of para-hydroxylation sites is 1. The lowest BCUT2D eigenvalue weighted by Crippen LogP contribution is -2.19. The van der Waals surface area contributed by atoms with E-state index < -0.39 is 0 Å². The second-order valence-corrected chi connectivity index (χ2v) is 8.02. The second kappa shape index (κ2) is 7.50. The van der Waals surface area contributed by atoms with Gasteiger partial charge in [-0.05, 0) is 59.9 Å². The maximum atomic E-state index is 13.2. The number of aromatic nitrogens is 3. The van der Waals surface area contributed by atoms with Crippen molar-refractivity contribution in [3.8, 4) is 16.8 Å². The molecule has 0 spiro atoms. The molecule has 3 aromatic carbocycles. The summed E-state index contributed by atoms with van der Waals surface area (Å²) in [6.07, 6.45) is 3.70. The van der Waals surface area contributed by atoms with E-state index in [2.05, 4.69) is 9.97 Å². The van der Waals surface area contributed by atoms with Crippen LogP contribution < -0.4 is 11.3 Å². The van der Waals surface area contributed by atoms with Crippen LogP contribution in [0.1, 0.15) is 16.7 Å². The molecule has 1 amide bonds. The van der Waals surface area contributed by atoms with Crippen LogP contribution in [-0.4, -0.2) is 20.4 Å². The topological polar surface area (TPSA) is 93.8 Å². The first-order chi connectivity index (χ1) is 15.5. The molecule has 0 aliphatic rings. The maximum Gasteiger partial charge on any atom is 0.265 e. The van der Waals surface area contributed by atoms with E-state index in [1.54, 1.807) is 17.0 Å². The second-order valence-electron chi connectivity index (χ2n) is 8.02. The van der Waals surface area contributed by atoms with Gasteiger partial charge in [0.25, 0.3) is 5.56 Å². The summed E-state index contributed by atoms with van der Waals surface area (Å²) in [6.45, 7) is 4.05. The summed E-state index contributed by atoms with van der Waals surface area (Å²) < 4.78 is 1.60. The van der Waals surface area contributed by atoms with Gasteiger partial charge in [0.2, 0.25) is 5.91 Å². The monoisotopic (exact) mass is 422 g/mol. The van der Waals surface area contributed by atoms with Crippen LogP contribution in [0.15, 0.2) is 71.9 Å². The summed E-state index contributed by atoms with van der Waals surface area (Å²) in [4.78, 5) is 32.5. The highest BCUT2D eigenvalue weighted by Crippen LogP contribution is 2.36. The number of rotatable bonds is 4. The number of H-pyrrole nitrogens is 1. The minimum absolute atomic E-state index is 0.101. The van der Waals surface area contributed by atoms with E-state index in [9.17, 15) is 9.59 Å². The van der Waals surface area contributed by atoms with Gasteiger partial charge in [-0.15, -0.1) is 0 Å². The lowest BCUT2D eigenvalue weighted by molar-refractivity contribution is -0.117. The largest absolute Gasteiger partial charge is 0.369 e. The van der Waals surface area contributed by atoms with Gasteiger partial charge in [0, 0.05) is 11.6 Å². The molecule has 6 heteroatoms. The van der Waals surface area contributed by atoms with Gasteiger partial charge in [-0.2, -0.15) is 0 Å². The van der Waals surface area contributed by atoms with E-state index in [4.69, 9.17) is 5.73 Å². The Morgan fingerprint density at radius 3 is 2.66 bits per heavy atom. The zero-order valence-electron chi connectivity index (χ0n) is 17.8.